The molecule has 24 heavy (non-hydrogen) atoms. The summed E-state index contributed by atoms with van der Waals surface area (Å²) in [5.41, 5.74) is 0.904. The number of amides is 2. The monoisotopic (exact) mass is 370 g/mol. The van der Waals surface area contributed by atoms with E-state index in [1.807, 2.05) is 6.07 Å². The van der Waals surface area contributed by atoms with Crippen LogP contribution in [0.4, 0.5) is 0 Å². The molecule has 2 rings (SSSR count). The third-order valence-corrected chi connectivity index (χ3v) is 4.95. The summed E-state index contributed by atoms with van der Waals surface area (Å²) in [5, 5.41) is 6.89. The number of halogens is 2. The van der Waals surface area contributed by atoms with Crippen LogP contribution in [0, 0.1) is 5.92 Å². The summed E-state index contributed by atoms with van der Waals surface area (Å²) < 4.78 is 0. The van der Waals surface area contributed by atoms with E-state index in [9.17, 15) is 9.59 Å². The molecule has 0 atom stereocenters. The Labute approximate surface area is 153 Å². The lowest BCUT2D eigenvalue weighted by Crippen LogP contribution is -2.38. The Hall–Kier alpha value is -1.26. The molecule has 6 heteroatoms. The van der Waals surface area contributed by atoms with Crippen LogP contribution in [0.2, 0.25) is 10.0 Å². The molecule has 1 fully saturated rings. The third-order valence-electron chi connectivity index (χ3n) is 4.36. The van der Waals surface area contributed by atoms with Crippen molar-refractivity contribution < 1.29 is 9.59 Å². The quantitative estimate of drug-likeness (QED) is 0.718. The van der Waals surface area contributed by atoms with Crippen molar-refractivity contribution in [3.05, 3.63) is 33.8 Å². The minimum absolute atomic E-state index is 0.0482. The topological polar surface area (TPSA) is 58.2 Å². The summed E-state index contributed by atoms with van der Waals surface area (Å²) in [5.74, 6) is 0.228. The van der Waals surface area contributed by atoms with E-state index in [0.717, 1.165) is 31.2 Å². The van der Waals surface area contributed by atoms with Crippen molar-refractivity contribution >= 4 is 35.0 Å². The van der Waals surface area contributed by atoms with E-state index in [-0.39, 0.29) is 17.7 Å². The molecule has 0 unspecified atom stereocenters. The van der Waals surface area contributed by atoms with Crippen molar-refractivity contribution in [2.45, 2.75) is 44.9 Å². The van der Waals surface area contributed by atoms with Crippen LogP contribution in [-0.4, -0.2) is 24.9 Å². The predicted molar refractivity (Wildman–Crippen MR) is 97.4 cm³/mol. The molecule has 2 N–H and O–H groups in total. The molecule has 0 aliphatic heterocycles. The number of carbonyl (C=O) groups excluding carboxylic acids is 2. The molecule has 0 saturated heterocycles. The molecule has 0 aromatic heterocycles. The molecule has 132 valence electrons. The zero-order valence-electron chi connectivity index (χ0n) is 13.7. The highest BCUT2D eigenvalue weighted by atomic mass is 35.5. The first kappa shape index (κ1) is 19.1. The van der Waals surface area contributed by atoms with Crippen LogP contribution in [0.25, 0.3) is 0 Å². The van der Waals surface area contributed by atoms with Gasteiger partial charge in [-0.2, -0.15) is 0 Å². The molecule has 0 bridgehead atoms. The van der Waals surface area contributed by atoms with Crippen molar-refractivity contribution in [3.8, 4) is 0 Å². The number of hydrogen-bond acceptors (Lipinski definition) is 2. The van der Waals surface area contributed by atoms with Crippen LogP contribution in [-0.2, 0) is 16.0 Å². The van der Waals surface area contributed by atoms with Gasteiger partial charge in [0.25, 0.3) is 0 Å². The molecule has 1 saturated carbocycles. The lowest BCUT2D eigenvalue weighted by atomic mass is 9.89. The Morgan fingerprint density at radius 2 is 1.75 bits per heavy atom. The normalized spacial score (nSPS) is 15.1. The minimum atomic E-state index is -0.0482. The minimum Gasteiger partial charge on any atom is -0.354 e. The second-order valence-electron chi connectivity index (χ2n) is 6.21. The van der Waals surface area contributed by atoms with Crippen molar-refractivity contribution in [2.24, 2.45) is 5.92 Å². The molecule has 2 amide bonds. The molecular formula is C18H24Cl2N2O2. The van der Waals surface area contributed by atoms with E-state index in [1.165, 1.54) is 6.42 Å². The first-order valence-corrected chi connectivity index (χ1v) is 9.30. The predicted octanol–water partition coefficient (Wildman–Crippen LogP) is 3.74. The first-order valence-electron chi connectivity index (χ1n) is 8.54. The second kappa shape index (κ2) is 9.90. The number of benzene rings is 1. The lowest BCUT2D eigenvalue weighted by Gasteiger charge is -2.20. The number of nitrogens with one attached hydrogen (secondary N) is 2. The fourth-order valence-corrected chi connectivity index (χ4v) is 3.46. The molecular weight excluding hydrogens is 347 g/mol. The maximum atomic E-state index is 12.0. The van der Waals surface area contributed by atoms with Gasteiger partial charge in [-0.25, -0.2) is 0 Å². The van der Waals surface area contributed by atoms with Gasteiger partial charge in [-0.3, -0.25) is 9.59 Å². The van der Waals surface area contributed by atoms with E-state index in [1.54, 1.807) is 12.1 Å². The highest BCUT2D eigenvalue weighted by molar-refractivity contribution is 6.35. The van der Waals surface area contributed by atoms with Gasteiger partial charge < -0.3 is 10.6 Å². The van der Waals surface area contributed by atoms with E-state index >= 15 is 0 Å². The van der Waals surface area contributed by atoms with Crippen molar-refractivity contribution in [2.75, 3.05) is 13.1 Å². The SMILES string of the molecule is O=C(CCc1ccc(Cl)cc1Cl)NCCNC(=O)C1CCCCC1. The maximum absolute atomic E-state index is 12.0. The standard InChI is InChI=1S/C18H24Cl2N2O2/c19-15-8-6-13(16(20)12-15)7-9-17(23)21-10-11-22-18(24)14-4-2-1-3-5-14/h6,8,12,14H,1-5,7,9-11H2,(H,21,23)(H,22,24). The smallest absolute Gasteiger partial charge is 0.223 e. The van der Waals surface area contributed by atoms with Crippen LogP contribution in [0.5, 0.6) is 0 Å². The summed E-state index contributed by atoms with van der Waals surface area (Å²) in [7, 11) is 0. The summed E-state index contributed by atoms with van der Waals surface area (Å²) in [4.78, 5) is 23.8. The molecule has 0 spiro atoms. The van der Waals surface area contributed by atoms with Gasteiger partial charge >= 0.3 is 0 Å². The van der Waals surface area contributed by atoms with Crippen molar-refractivity contribution in [1.82, 2.24) is 10.6 Å². The summed E-state index contributed by atoms with van der Waals surface area (Å²) in [6.45, 7) is 0.925. The van der Waals surface area contributed by atoms with Gasteiger partial charge in [-0.1, -0.05) is 48.5 Å². The van der Waals surface area contributed by atoms with Gasteiger partial charge in [0.15, 0.2) is 0 Å². The Balaban J connectivity index is 1.60. The molecule has 4 nitrogen and oxygen atoms in total. The van der Waals surface area contributed by atoms with E-state index in [4.69, 9.17) is 23.2 Å². The number of rotatable bonds is 7. The largest absolute Gasteiger partial charge is 0.354 e. The van der Waals surface area contributed by atoms with E-state index < -0.39 is 0 Å². The third kappa shape index (κ3) is 6.33. The molecule has 1 aliphatic rings. The fraction of sp³-hybridized carbons (Fsp3) is 0.556. The molecule has 0 radical (unpaired) electrons. The van der Waals surface area contributed by atoms with Crippen LogP contribution in [0.15, 0.2) is 18.2 Å². The van der Waals surface area contributed by atoms with Gasteiger partial charge in [-0.05, 0) is 37.0 Å². The molecule has 1 aliphatic carbocycles. The lowest BCUT2D eigenvalue weighted by molar-refractivity contribution is -0.126. The highest BCUT2D eigenvalue weighted by Gasteiger charge is 2.20. The van der Waals surface area contributed by atoms with Crippen LogP contribution >= 0.6 is 23.2 Å². The van der Waals surface area contributed by atoms with Crippen LogP contribution in [0.3, 0.4) is 0 Å². The molecule has 1 aromatic rings. The first-order chi connectivity index (χ1) is 11.6. The Kier molecular flexibility index (Phi) is 7.86. The average Bonchev–Trinajstić information content (AvgIpc) is 2.58. The molecule has 1 aromatic carbocycles. The van der Waals surface area contributed by atoms with E-state index in [2.05, 4.69) is 10.6 Å². The average molecular weight is 371 g/mol. The van der Waals surface area contributed by atoms with Crippen molar-refractivity contribution in [3.63, 3.8) is 0 Å². The van der Waals surface area contributed by atoms with Gasteiger partial charge in [0.1, 0.15) is 0 Å². The Morgan fingerprint density at radius 1 is 1.04 bits per heavy atom. The Bertz CT molecular complexity index is 572. The summed E-state index contributed by atoms with van der Waals surface area (Å²) >= 11 is 11.9. The fourth-order valence-electron chi connectivity index (χ4n) is 2.96. The van der Waals surface area contributed by atoms with Gasteiger partial charge in [0, 0.05) is 35.5 Å². The van der Waals surface area contributed by atoms with Crippen LogP contribution < -0.4 is 10.6 Å². The van der Waals surface area contributed by atoms with Crippen LogP contribution in [0.1, 0.15) is 44.1 Å². The van der Waals surface area contributed by atoms with Gasteiger partial charge in [0.2, 0.25) is 11.8 Å². The van der Waals surface area contributed by atoms with Gasteiger partial charge in [0.05, 0.1) is 0 Å². The number of carbonyl (C=O) groups is 2. The zero-order valence-corrected chi connectivity index (χ0v) is 15.3. The second-order valence-corrected chi connectivity index (χ2v) is 7.06. The maximum Gasteiger partial charge on any atom is 0.223 e. The Morgan fingerprint density at radius 3 is 2.46 bits per heavy atom. The highest BCUT2D eigenvalue weighted by Crippen LogP contribution is 2.23. The number of aryl methyl sites for hydroxylation is 1. The summed E-state index contributed by atoms with van der Waals surface area (Å²) in [6, 6.07) is 5.28. The van der Waals surface area contributed by atoms with E-state index in [0.29, 0.717) is 36.0 Å². The van der Waals surface area contributed by atoms with Gasteiger partial charge in [-0.15, -0.1) is 0 Å². The summed E-state index contributed by atoms with van der Waals surface area (Å²) in [6.07, 6.45) is 6.41. The van der Waals surface area contributed by atoms with Crippen molar-refractivity contribution in [1.29, 1.82) is 0 Å². The zero-order chi connectivity index (χ0) is 17.4. The molecule has 0 heterocycles. The number of hydrogen-bond donors (Lipinski definition) is 2.